The van der Waals surface area contributed by atoms with E-state index in [-0.39, 0.29) is 25.6 Å². The smallest absolute Gasteiger partial charge is 0.270 e. The van der Waals surface area contributed by atoms with Crippen molar-refractivity contribution in [3.63, 3.8) is 0 Å². The lowest BCUT2D eigenvalue weighted by atomic mass is 10.0. The average molecular weight is 457 g/mol. The molecule has 0 unspecified atom stereocenters. The highest BCUT2D eigenvalue weighted by molar-refractivity contribution is 5.79. The van der Waals surface area contributed by atoms with Gasteiger partial charge >= 0.3 is 0 Å². The highest BCUT2D eigenvalue weighted by Crippen LogP contribution is 2.28. The van der Waals surface area contributed by atoms with Crippen LogP contribution in [0.15, 0.2) is 77.4 Å². The lowest BCUT2D eigenvalue weighted by Crippen LogP contribution is -2.37. The minimum absolute atomic E-state index is 0. The molecule has 0 aliphatic carbocycles. The van der Waals surface area contributed by atoms with E-state index in [4.69, 9.17) is 14.9 Å². The van der Waals surface area contributed by atoms with E-state index in [1.807, 2.05) is 66.7 Å². The maximum absolute atomic E-state index is 12.5. The Labute approximate surface area is 197 Å². The van der Waals surface area contributed by atoms with Gasteiger partial charge in [0.15, 0.2) is 18.1 Å². The first-order valence-corrected chi connectivity index (χ1v) is 10.8. The molecule has 9 heteroatoms. The summed E-state index contributed by atoms with van der Waals surface area (Å²) < 4.78 is 11.4. The van der Waals surface area contributed by atoms with Crippen LogP contribution in [0, 0.1) is 0 Å². The van der Waals surface area contributed by atoms with Crippen LogP contribution in [0.4, 0.5) is 5.82 Å². The van der Waals surface area contributed by atoms with Gasteiger partial charge in [-0.3, -0.25) is 4.79 Å². The number of hydrogen-bond donors (Lipinski definition) is 1. The molecule has 2 N–H and O–H groups in total. The number of ether oxygens (including phenoxy) is 1. The monoisotopic (exact) mass is 456 g/mol. The van der Waals surface area contributed by atoms with E-state index in [2.05, 4.69) is 20.2 Å². The number of nitrogen functional groups attached to an aromatic ring is 1. The first-order chi connectivity index (χ1) is 16.7. The van der Waals surface area contributed by atoms with Gasteiger partial charge in [0.05, 0.1) is 11.9 Å². The lowest BCUT2D eigenvalue weighted by Gasteiger charge is -2.26. The summed E-state index contributed by atoms with van der Waals surface area (Å²) in [7, 11) is 0. The van der Waals surface area contributed by atoms with Crippen LogP contribution < -0.4 is 10.5 Å². The number of aromatic nitrogens is 4. The summed E-state index contributed by atoms with van der Waals surface area (Å²) >= 11 is 0. The van der Waals surface area contributed by atoms with Crippen molar-refractivity contribution in [1.82, 2.24) is 25.1 Å². The van der Waals surface area contributed by atoms with Gasteiger partial charge in [-0.1, -0.05) is 42.5 Å². The van der Waals surface area contributed by atoms with Gasteiger partial charge in [-0.15, -0.1) is 10.2 Å². The van der Waals surface area contributed by atoms with Gasteiger partial charge in [-0.2, -0.15) is 0 Å². The van der Waals surface area contributed by atoms with E-state index in [0.717, 1.165) is 11.1 Å². The Bertz CT molecular complexity index is 1330. The Kier molecular flexibility index (Phi) is 5.98. The number of para-hydroxylation sites is 1. The van der Waals surface area contributed by atoms with E-state index >= 15 is 0 Å². The molecular formula is C25H24N6O3. The molecule has 1 aliphatic heterocycles. The number of benzene rings is 2. The van der Waals surface area contributed by atoms with Crippen molar-refractivity contribution in [2.75, 3.05) is 25.4 Å². The molecule has 4 aromatic rings. The number of nitrogens with two attached hydrogens (primary N) is 1. The van der Waals surface area contributed by atoms with Crippen molar-refractivity contribution in [2.45, 2.75) is 6.42 Å². The zero-order chi connectivity index (χ0) is 23.3. The van der Waals surface area contributed by atoms with E-state index in [1.165, 1.54) is 0 Å². The highest BCUT2D eigenvalue weighted by Gasteiger charge is 2.21. The SMILES string of the molecule is Nc1ncc(C2=CCN(C(=O)COc3ccccc3)CC2)nc1-c1nnc(-c2ccccc2)o1.[HH]. The van der Waals surface area contributed by atoms with Crippen molar-refractivity contribution >= 4 is 17.3 Å². The number of amides is 1. The lowest BCUT2D eigenvalue weighted by molar-refractivity contribution is -0.132. The number of carbonyl (C=O) groups is 1. The molecule has 1 amide bonds. The standard InChI is InChI=1S/C25H22N6O3.H2/c26-23-22(25-30-29-24(34-25)18-7-3-1-4-8-18)28-20(15-27-23)17-11-13-31(14-12-17)21(32)16-33-19-9-5-2-6-10-19;/h1-11,15H,12-14,16H2,(H2,26,27);1H. The number of nitrogens with zero attached hydrogens (tertiary/aromatic N) is 5. The first kappa shape index (κ1) is 21.3. The third-order valence-electron chi connectivity index (χ3n) is 5.45. The summed E-state index contributed by atoms with van der Waals surface area (Å²) in [5, 5.41) is 8.21. The average Bonchev–Trinajstić information content (AvgIpc) is 3.39. The van der Waals surface area contributed by atoms with Crippen LogP contribution in [0.1, 0.15) is 13.5 Å². The third-order valence-corrected chi connectivity index (χ3v) is 5.45. The Morgan fingerprint density at radius 1 is 1.06 bits per heavy atom. The van der Waals surface area contributed by atoms with Crippen LogP contribution in [0.5, 0.6) is 5.75 Å². The number of anilines is 1. The van der Waals surface area contributed by atoms with Gasteiger partial charge in [0.2, 0.25) is 5.89 Å². The van der Waals surface area contributed by atoms with Gasteiger partial charge in [-0.25, -0.2) is 9.97 Å². The van der Waals surface area contributed by atoms with Crippen LogP contribution in [0.2, 0.25) is 0 Å². The third kappa shape index (κ3) is 4.63. The maximum atomic E-state index is 12.5. The fraction of sp³-hybridized carbons (Fsp3) is 0.160. The second-order valence-electron chi connectivity index (χ2n) is 7.69. The molecule has 2 aromatic carbocycles. The van der Waals surface area contributed by atoms with Gasteiger partial charge in [0, 0.05) is 20.1 Å². The molecule has 0 fully saturated rings. The molecule has 172 valence electrons. The van der Waals surface area contributed by atoms with E-state index in [9.17, 15) is 4.79 Å². The van der Waals surface area contributed by atoms with Crippen LogP contribution in [0.3, 0.4) is 0 Å². The van der Waals surface area contributed by atoms with Gasteiger partial charge in [0.1, 0.15) is 5.75 Å². The molecule has 0 radical (unpaired) electrons. The molecule has 0 atom stereocenters. The van der Waals surface area contributed by atoms with E-state index in [1.54, 1.807) is 11.1 Å². The molecule has 0 spiro atoms. The largest absolute Gasteiger partial charge is 0.484 e. The van der Waals surface area contributed by atoms with E-state index in [0.29, 0.717) is 42.5 Å². The molecule has 9 nitrogen and oxygen atoms in total. The number of hydrogen-bond acceptors (Lipinski definition) is 8. The molecule has 1 aliphatic rings. The summed E-state index contributed by atoms with van der Waals surface area (Å²) in [6, 6.07) is 18.8. The minimum atomic E-state index is -0.0671. The molecule has 5 rings (SSSR count). The molecule has 0 bridgehead atoms. The van der Waals surface area contributed by atoms with Crippen molar-refractivity contribution in [3.05, 3.63) is 78.6 Å². The van der Waals surface area contributed by atoms with Gasteiger partial charge in [0.25, 0.3) is 11.8 Å². The van der Waals surface area contributed by atoms with E-state index < -0.39 is 0 Å². The van der Waals surface area contributed by atoms with Crippen molar-refractivity contribution in [2.24, 2.45) is 0 Å². The molecule has 2 aromatic heterocycles. The van der Waals surface area contributed by atoms with Crippen LogP contribution in [0.25, 0.3) is 28.6 Å². The van der Waals surface area contributed by atoms with Gasteiger partial charge < -0.3 is 19.8 Å². The fourth-order valence-electron chi connectivity index (χ4n) is 3.61. The number of carbonyl (C=O) groups excluding carboxylic acids is 1. The second kappa shape index (κ2) is 9.53. The second-order valence-corrected chi connectivity index (χ2v) is 7.69. The minimum Gasteiger partial charge on any atom is -0.484 e. The molecule has 3 heterocycles. The fourth-order valence-corrected chi connectivity index (χ4v) is 3.61. The summed E-state index contributed by atoms with van der Waals surface area (Å²) in [5.41, 5.74) is 8.84. The Morgan fingerprint density at radius 3 is 2.53 bits per heavy atom. The maximum Gasteiger partial charge on any atom is 0.270 e. The highest BCUT2D eigenvalue weighted by atomic mass is 16.5. The quantitative estimate of drug-likeness (QED) is 0.466. The topological polar surface area (TPSA) is 120 Å². The predicted octanol–water partition coefficient (Wildman–Crippen LogP) is 3.72. The normalized spacial score (nSPS) is 13.4. The zero-order valence-corrected chi connectivity index (χ0v) is 18.3. The summed E-state index contributed by atoms with van der Waals surface area (Å²) in [4.78, 5) is 23.2. The summed E-state index contributed by atoms with van der Waals surface area (Å²) in [6.45, 7) is 1.02. The van der Waals surface area contributed by atoms with Crippen molar-refractivity contribution in [3.8, 4) is 28.8 Å². The molecule has 0 saturated carbocycles. The first-order valence-electron chi connectivity index (χ1n) is 10.8. The van der Waals surface area contributed by atoms with Crippen molar-refractivity contribution in [1.29, 1.82) is 0 Å². The van der Waals surface area contributed by atoms with Crippen LogP contribution in [-0.4, -0.2) is 50.7 Å². The summed E-state index contributed by atoms with van der Waals surface area (Å²) in [5.74, 6) is 1.40. The number of rotatable bonds is 6. The van der Waals surface area contributed by atoms with Gasteiger partial charge in [-0.05, 0) is 36.3 Å². The Balaban J connectivity index is 0.00000289. The molecule has 0 saturated heterocycles. The van der Waals surface area contributed by atoms with Crippen LogP contribution >= 0.6 is 0 Å². The zero-order valence-electron chi connectivity index (χ0n) is 18.3. The Hall–Kier alpha value is -4.53. The Morgan fingerprint density at radius 2 is 1.79 bits per heavy atom. The predicted molar refractivity (Wildman–Crippen MR) is 128 cm³/mol. The molecule has 34 heavy (non-hydrogen) atoms. The molecular weight excluding hydrogens is 432 g/mol. The van der Waals surface area contributed by atoms with Crippen molar-refractivity contribution < 1.29 is 15.4 Å². The summed E-state index contributed by atoms with van der Waals surface area (Å²) in [6.07, 6.45) is 4.22. The van der Waals surface area contributed by atoms with Crippen LogP contribution in [-0.2, 0) is 4.79 Å².